The average molecular weight is 289 g/mol. The summed E-state index contributed by atoms with van der Waals surface area (Å²) in [6.45, 7) is 0.769. The van der Waals surface area contributed by atoms with Crippen molar-refractivity contribution in [2.45, 2.75) is 51.0 Å². The lowest BCUT2D eigenvalue weighted by Gasteiger charge is -2.32. The number of piperidine rings is 1. The van der Waals surface area contributed by atoms with Gasteiger partial charge in [-0.15, -0.1) is 0 Å². The van der Waals surface area contributed by atoms with Crippen LogP contribution in [-0.2, 0) is 15.0 Å². The monoisotopic (exact) mass is 289 g/mol. The third kappa shape index (κ3) is 3.90. The maximum atomic E-state index is 12.2. The number of carbonyl (C=O) groups is 1. The Balaban J connectivity index is 1.88. The molecule has 0 radical (unpaired) electrons. The third-order valence-electron chi connectivity index (χ3n) is 4.12. The summed E-state index contributed by atoms with van der Waals surface area (Å²) in [4.78, 5) is 11.1. The fourth-order valence-electron chi connectivity index (χ4n) is 2.89. The predicted octanol–water partition coefficient (Wildman–Crippen LogP) is 0.351. The minimum absolute atomic E-state index is 0.0765. The molecule has 0 aromatic carbocycles. The summed E-state index contributed by atoms with van der Waals surface area (Å²) in [5.41, 5.74) is 5.25. The molecule has 0 aromatic rings. The Labute approximate surface area is 114 Å². The van der Waals surface area contributed by atoms with Crippen LogP contribution in [0.25, 0.3) is 0 Å². The zero-order valence-corrected chi connectivity index (χ0v) is 12.0. The topological polar surface area (TPSA) is 92.5 Å². The molecule has 1 aliphatic heterocycles. The van der Waals surface area contributed by atoms with Crippen molar-refractivity contribution in [3.05, 3.63) is 0 Å². The SMILES string of the molecule is NC(=O)C1CCN(S(=O)(=O)NC2CCCCC2)CC1. The van der Waals surface area contributed by atoms with E-state index in [0.29, 0.717) is 25.9 Å². The van der Waals surface area contributed by atoms with Gasteiger partial charge in [-0.05, 0) is 25.7 Å². The summed E-state index contributed by atoms with van der Waals surface area (Å²) in [6.07, 6.45) is 6.30. The van der Waals surface area contributed by atoms with Gasteiger partial charge in [0.2, 0.25) is 5.91 Å². The van der Waals surface area contributed by atoms with Crippen LogP contribution in [0, 0.1) is 5.92 Å². The van der Waals surface area contributed by atoms with E-state index in [0.717, 1.165) is 25.7 Å². The first-order chi connectivity index (χ1) is 8.99. The summed E-state index contributed by atoms with van der Waals surface area (Å²) in [6, 6.07) is 0.0765. The van der Waals surface area contributed by atoms with E-state index in [1.165, 1.54) is 10.7 Å². The fraction of sp³-hybridized carbons (Fsp3) is 0.917. The largest absolute Gasteiger partial charge is 0.369 e. The molecule has 0 atom stereocenters. The molecule has 0 unspecified atom stereocenters. The molecule has 3 N–H and O–H groups in total. The Kier molecular flexibility index (Phi) is 4.81. The Morgan fingerprint density at radius 1 is 1.05 bits per heavy atom. The van der Waals surface area contributed by atoms with Crippen molar-refractivity contribution in [3.8, 4) is 0 Å². The van der Waals surface area contributed by atoms with Crippen LogP contribution in [0.1, 0.15) is 44.9 Å². The molecule has 7 heteroatoms. The van der Waals surface area contributed by atoms with Crippen LogP contribution in [0.2, 0.25) is 0 Å². The molecule has 19 heavy (non-hydrogen) atoms. The van der Waals surface area contributed by atoms with Gasteiger partial charge in [0.1, 0.15) is 0 Å². The summed E-state index contributed by atoms with van der Waals surface area (Å²) in [5.74, 6) is -0.501. The molecule has 1 heterocycles. The number of nitrogens with two attached hydrogens (primary N) is 1. The molecule has 2 aliphatic rings. The van der Waals surface area contributed by atoms with Crippen LogP contribution < -0.4 is 10.5 Å². The van der Waals surface area contributed by atoms with E-state index in [-0.39, 0.29) is 17.9 Å². The van der Waals surface area contributed by atoms with Gasteiger partial charge >= 0.3 is 0 Å². The van der Waals surface area contributed by atoms with Gasteiger partial charge < -0.3 is 5.73 Å². The number of nitrogens with one attached hydrogen (secondary N) is 1. The zero-order chi connectivity index (χ0) is 13.9. The number of rotatable bonds is 4. The first kappa shape index (κ1) is 14.7. The highest BCUT2D eigenvalue weighted by Crippen LogP contribution is 2.21. The van der Waals surface area contributed by atoms with Crippen LogP contribution in [0.3, 0.4) is 0 Å². The lowest BCUT2D eigenvalue weighted by atomic mass is 9.96. The molecule has 2 fully saturated rings. The van der Waals surface area contributed by atoms with E-state index in [2.05, 4.69) is 4.72 Å². The first-order valence-electron chi connectivity index (χ1n) is 7.06. The smallest absolute Gasteiger partial charge is 0.279 e. The van der Waals surface area contributed by atoms with Crippen molar-refractivity contribution < 1.29 is 13.2 Å². The highest BCUT2D eigenvalue weighted by atomic mass is 32.2. The van der Waals surface area contributed by atoms with Crippen molar-refractivity contribution >= 4 is 16.1 Å². The number of hydrogen-bond acceptors (Lipinski definition) is 3. The predicted molar refractivity (Wildman–Crippen MR) is 72.4 cm³/mol. The van der Waals surface area contributed by atoms with Gasteiger partial charge in [0.05, 0.1) is 0 Å². The lowest BCUT2D eigenvalue weighted by Crippen LogP contribution is -2.49. The molecule has 6 nitrogen and oxygen atoms in total. The Morgan fingerprint density at radius 2 is 1.63 bits per heavy atom. The highest BCUT2D eigenvalue weighted by Gasteiger charge is 2.31. The number of hydrogen-bond donors (Lipinski definition) is 2. The van der Waals surface area contributed by atoms with Gasteiger partial charge in [0.15, 0.2) is 0 Å². The Morgan fingerprint density at radius 3 is 2.16 bits per heavy atom. The minimum atomic E-state index is -3.40. The normalized spacial score (nSPS) is 24.4. The molecule has 2 rings (SSSR count). The Bertz CT molecular complexity index is 410. The second-order valence-electron chi connectivity index (χ2n) is 5.53. The van der Waals surface area contributed by atoms with Crippen LogP contribution in [-0.4, -0.2) is 37.8 Å². The number of nitrogens with zero attached hydrogens (tertiary/aromatic N) is 1. The van der Waals surface area contributed by atoms with Crippen molar-refractivity contribution in [2.24, 2.45) is 11.7 Å². The van der Waals surface area contributed by atoms with E-state index in [9.17, 15) is 13.2 Å². The average Bonchev–Trinajstić information content (AvgIpc) is 2.39. The van der Waals surface area contributed by atoms with Crippen molar-refractivity contribution in [1.29, 1.82) is 0 Å². The van der Waals surface area contributed by atoms with Crippen LogP contribution in [0.4, 0.5) is 0 Å². The van der Waals surface area contributed by atoms with Gasteiger partial charge in [0, 0.05) is 25.0 Å². The number of amides is 1. The lowest BCUT2D eigenvalue weighted by molar-refractivity contribution is -0.122. The second-order valence-corrected chi connectivity index (χ2v) is 7.24. The van der Waals surface area contributed by atoms with Gasteiger partial charge in [0.25, 0.3) is 10.2 Å². The third-order valence-corrected chi connectivity index (χ3v) is 5.79. The van der Waals surface area contributed by atoms with Gasteiger partial charge in [-0.25, -0.2) is 0 Å². The maximum absolute atomic E-state index is 12.2. The highest BCUT2D eigenvalue weighted by molar-refractivity contribution is 7.87. The van der Waals surface area contributed by atoms with Crippen LogP contribution >= 0.6 is 0 Å². The molecule has 0 bridgehead atoms. The molecular formula is C12H23N3O3S. The van der Waals surface area contributed by atoms with E-state index in [1.807, 2.05) is 0 Å². The summed E-state index contributed by atoms with van der Waals surface area (Å²) >= 11 is 0. The van der Waals surface area contributed by atoms with Crippen molar-refractivity contribution in [3.63, 3.8) is 0 Å². The fourth-order valence-corrected chi connectivity index (χ4v) is 4.38. The Hall–Kier alpha value is -0.660. The van der Waals surface area contributed by atoms with E-state index in [4.69, 9.17) is 5.73 Å². The molecule has 0 aromatic heterocycles. The molecule has 0 spiro atoms. The van der Waals surface area contributed by atoms with Gasteiger partial charge in [-0.2, -0.15) is 17.4 Å². The summed E-state index contributed by atoms with van der Waals surface area (Å²) in [7, 11) is -3.40. The van der Waals surface area contributed by atoms with Gasteiger partial charge in [-0.1, -0.05) is 19.3 Å². The van der Waals surface area contributed by atoms with E-state index in [1.54, 1.807) is 0 Å². The second kappa shape index (κ2) is 6.19. The molecule has 1 saturated carbocycles. The van der Waals surface area contributed by atoms with Crippen molar-refractivity contribution in [2.75, 3.05) is 13.1 Å². The zero-order valence-electron chi connectivity index (χ0n) is 11.2. The maximum Gasteiger partial charge on any atom is 0.279 e. The van der Waals surface area contributed by atoms with Crippen LogP contribution in [0.15, 0.2) is 0 Å². The number of carbonyl (C=O) groups excluding carboxylic acids is 1. The summed E-state index contributed by atoms with van der Waals surface area (Å²) in [5, 5.41) is 0. The molecule has 1 amide bonds. The molecule has 1 aliphatic carbocycles. The minimum Gasteiger partial charge on any atom is -0.369 e. The molecule has 110 valence electrons. The standard InChI is InChI=1S/C12H23N3O3S/c13-12(16)10-6-8-15(9-7-10)19(17,18)14-11-4-2-1-3-5-11/h10-11,14H,1-9H2,(H2,13,16). The molecular weight excluding hydrogens is 266 g/mol. The van der Waals surface area contributed by atoms with Crippen molar-refractivity contribution in [1.82, 2.24) is 9.03 Å². The molecule has 1 saturated heterocycles. The van der Waals surface area contributed by atoms with Gasteiger partial charge in [-0.3, -0.25) is 4.79 Å². The summed E-state index contributed by atoms with van der Waals surface area (Å²) < 4.78 is 28.7. The van der Waals surface area contributed by atoms with E-state index >= 15 is 0 Å². The first-order valence-corrected chi connectivity index (χ1v) is 8.50. The number of primary amides is 1. The quantitative estimate of drug-likeness (QED) is 0.782. The van der Waals surface area contributed by atoms with E-state index < -0.39 is 10.2 Å². The van der Waals surface area contributed by atoms with Crippen LogP contribution in [0.5, 0.6) is 0 Å².